The van der Waals surface area contributed by atoms with Gasteiger partial charge in [0, 0.05) is 41.8 Å². The molecule has 0 spiro atoms. The Morgan fingerprint density at radius 2 is 1.30 bits per heavy atom. The first-order valence-electron chi connectivity index (χ1n) is 6.20. The predicted octanol–water partition coefficient (Wildman–Crippen LogP) is 1.48. The van der Waals surface area contributed by atoms with E-state index < -0.39 is 26.4 Å². The average molecular weight is 343 g/mol. The molecule has 0 aromatic carbocycles. The van der Waals surface area contributed by atoms with Gasteiger partial charge in [-0.05, 0) is 5.70 Å². The van der Waals surface area contributed by atoms with Gasteiger partial charge < -0.3 is 26.6 Å². The highest BCUT2D eigenvalue weighted by atomic mass is 28.4. The van der Waals surface area contributed by atoms with Gasteiger partial charge in [0.1, 0.15) is 0 Å². The van der Waals surface area contributed by atoms with Crippen molar-refractivity contribution in [3.63, 3.8) is 0 Å². The Hall–Kier alpha value is 0.151. The molecule has 0 radical (unpaired) electrons. The van der Waals surface area contributed by atoms with E-state index in [9.17, 15) is 0 Å². The molecule has 0 heterocycles. The summed E-state index contributed by atoms with van der Waals surface area (Å²) in [6, 6.07) is 0. The summed E-state index contributed by atoms with van der Waals surface area (Å²) in [7, 11) is 2.51. The molecule has 122 valence electrons. The Morgan fingerprint density at radius 1 is 0.900 bits per heavy atom. The minimum absolute atomic E-state index is 0.743. The molecule has 0 saturated carbocycles. The van der Waals surface area contributed by atoms with Crippen LogP contribution in [0.15, 0.2) is 12.3 Å². The first kappa shape index (κ1) is 22.4. The first-order chi connectivity index (χ1) is 9.24. The SMILES string of the molecule is C=C[Si](OC)(OC)OC[Si](C)(C)C.CO[SiH](OC)OC. The zero-order chi connectivity index (χ0) is 16.2. The average Bonchev–Trinajstić information content (AvgIpc) is 2.43. The number of hydrogen-bond acceptors (Lipinski definition) is 6. The van der Waals surface area contributed by atoms with Crippen LogP contribution >= 0.6 is 0 Å². The van der Waals surface area contributed by atoms with Crippen LogP contribution in [0.3, 0.4) is 0 Å². The Morgan fingerprint density at radius 3 is 1.45 bits per heavy atom. The molecule has 0 aliphatic rings. The molecule has 0 saturated heterocycles. The van der Waals surface area contributed by atoms with Crippen molar-refractivity contribution in [1.29, 1.82) is 0 Å². The topological polar surface area (TPSA) is 55.4 Å². The third-order valence-corrected chi connectivity index (χ3v) is 6.74. The maximum atomic E-state index is 5.68. The molecule has 6 nitrogen and oxygen atoms in total. The van der Waals surface area contributed by atoms with Crippen molar-refractivity contribution >= 4 is 26.4 Å². The van der Waals surface area contributed by atoms with E-state index in [-0.39, 0.29) is 0 Å². The van der Waals surface area contributed by atoms with Gasteiger partial charge >= 0.3 is 18.3 Å². The van der Waals surface area contributed by atoms with Crippen LogP contribution in [0, 0.1) is 0 Å². The fourth-order valence-corrected chi connectivity index (χ4v) is 5.00. The van der Waals surface area contributed by atoms with Crippen molar-refractivity contribution in [1.82, 2.24) is 0 Å². The Bertz CT molecular complexity index is 233. The van der Waals surface area contributed by atoms with Crippen LogP contribution in [0.25, 0.3) is 0 Å². The first-order valence-corrected chi connectivity index (χ1v) is 13.1. The normalized spacial score (nSPS) is 12.1. The van der Waals surface area contributed by atoms with Gasteiger partial charge in [-0.3, -0.25) is 0 Å². The van der Waals surface area contributed by atoms with Gasteiger partial charge in [-0.1, -0.05) is 26.2 Å². The van der Waals surface area contributed by atoms with E-state index in [1.165, 1.54) is 0 Å². The highest BCUT2D eigenvalue weighted by Gasteiger charge is 2.36. The second-order valence-corrected chi connectivity index (χ2v) is 15.2. The fourth-order valence-electron chi connectivity index (χ4n) is 1.03. The Labute approximate surface area is 127 Å². The van der Waals surface area contributed by atoms with E-state index in [0.29, 0.717) is 0 Å². The van der Waals surface area contributed by atoms with Gasteiger partial charge in [0.2, 0.25) is 0 Å². The molecular formula is C11H30O6Si3. The summed E-state index contributed by atoms with van der Waals surface area (Å²) in [6.45, 7) is 10.4. The molecule has 0 rings (SSSR count). The lowest BCUT2D eigenvalue weighted by Gasteiger charge is -2.26. The largest absolute Gasteiger partial charge is 0.528 e. The highest BCUT2D eigenvalue weighted by molar-refractivity contribution is 6.77. The molecule has 0 atom stereocenters. The second-order valence-electron chi connectivity index (χ2n) is 5.06. The molecule has 0 aliphatic heterocycles. The van der Waals surface area contributed by atoms with Crippen LogP contribution in [-0.2, 0) is 26.6 Å². The minimum Gasteiger partial charge on any atom is -0.379 e. The lowest BCUT2D eigenvalue weighted by molar-refractivity contribution is 0.129. The van der Waals surface area contributed by atoms with Gasteiger partial charge in [0.25, 0.3) is 0 Å². The van der Waals surface area contributed by atoms with E-state index in [4.69, 9.17) is 26.6 Å². The molecule has 0 fully saturated rings. The van der Waals surface area contributed by atoms with Crippen LogP contribution in [0.2, 0.25) is 19.6 Å². The van der Waals surface area contributed by atoms with Crippen LogP contribution in [0.4, 0.5) is 0 Å². The van der Waals surface area contributed by atoms with Crippen molar-refractivity contribution in [2.45, 2.75) is 19.6 Å². The van der Waals surface area contributed by atoms with Crippen LogP contribution < -0.4 is 0 Å². The smallest absolute Gasteiger partial charge is 0.379 e. The van der Waals surface area contributed by atoms with E-state index in [2.05, 4.69) is 26.2 Å². The van der Waals surface area contributed by atoms with Crippen molar-refractivity contribution < 1.29 is 26.6 Å². The van der Waals surface area contributed by atoms with Crippen molar-refractivity contribution in [2.75, 3.05) is 41.8 Å². The summed E-state index contributed by atoms with van der Waals surface area (Å²) in [5, 5.41) is 0. The zero-order valence-corrected chi connectivity index (χ0v) is 17.2. The van der Waals surface area contributed by atoms with E-state index in [1.54, 1.807) is 41.2 Å². The van der Waals surface area contributed by atoms with E-state index in [1.807, 2.05) is 0 Å². The Kier molecular flexibility index (Phi) is 13.2. The zero-order valence-electron chi connectivity index (χ0n) is 14.0. The van der Waals surface area contributed by atoms with E-state index >= 15 is 0 Å². The molecule has 0 unspecified atom stereocenters. The van der Waals surface area contributed by atoms with Gasteiger partial charge in [-0.2, -0.15) is 0 Å². The van der Waals surface area contributed by atoms with E-state index in [0.717, 1.165) is 6.23 Å². The molecular weight excluding hydrogens is 312 g/mol. The number of rotatable bonds is 9. The Balaban J connectivity index is 0. The second kappa shape index (κ2) is 11.8. The van der Waals surface area contributed by atoms with Crippen LogP contribution in [-0.4, -0.2) is 68.2 Å². The van der Waals surface area contributed by atoms with Crippen molar-refractivity contribution in [3.05, 3.63) is 12.3 Å². The molecule has 20 heavy (non-hydrogen) atoms. The van der Waals surface area contributed by atoms with Gasteiger partial charge in [0.15, 0.2) is 0 Å². The lowest BCUT2D eigenvalue weighted by Crippen LogP contribution is -2.46. The summed E-state index contributed by atoms with van der Waals surface area (Å²) in [5.41, 5.74) is 1.66. The molecule has 9 heteroatoms. The van der Waals surface area contributed by atoms with Crippen molar-refractivity contribution in [3.8, 4) is 0 Å². The molecule has 0 aromatic rings. The molecule has 0 N–H and O–H groups in total. The fraction of sp³-hybridized carbons (Fsp3) is 0.818. The van der Waals surface area contributed by atoms with Crippen molar-refractivity contribution in [2.24, 2.45) is 0 Å². The summed E-state index contributed by atoms with van der Waals surface area (Å²) in [6.07, 6.45) is 0.743. The highest BCUT2D eigenvalue weighted by Crippen LogP contribution is 2.11. The molecule has 0 amide bonds. The van der Waals surface area contributed by atoms with Crippen LogP contribution in [0.5, 0.6) is 0 Å². The maximum absolute atomic E-state index is 5.68. The lowest BCUT2D eigenvalue weighted by atomic mass is 11.3. The van der Waals surface area contributed by atoms with Gasteiger partial charge in [-0.15, -0.1) is 0 Å². The third-order valence-electron chi connectivity index (χ3n) is 2.10. The molecule has 0 aliphatic carbocycles. The molecule has 0 aromatic heterocycles. The molecule has 0 bridgehead atoms. The summed E-state index contributed by atoms with van der Waals surface area (Å²) >= 11 is 0. The van der Waals surface area contributed by atoms with Gasteiger partial charge in [-0.25, -0.2) is 0 Å². The predicted molar refractivity (Wildman–Crippen MR) is 87.4 cm³/mol. The van der Waals surface area contributed by atoms with Gasteiger partial charge in [0.05, 0.1) is 8.07 Å². The number of hydrogen-bond donors (Lipinski definition) is 0. The third kappa shape index (κ3) is 10.9. The summed E-state index contributed by atoms with van der Waals surface area (Å²) < 4.78 is 30.4. The monoisotopic (exact) mass is 342 g/mol. The standard InChI is InChI=1S/C8H20O3Si2.C3H10O3Si/c1-7-13(9-2,10-3)11-8-12(4,5)6;1-4-7(5-2)6-3/h7H,1,8H2,2-6H3;7H,1-3H3. The van der Waals surface area contributed by atoms with Crippen LogP contribution in [0.1, 0.15) is 0 Å². The summed E-state index contributed by atoms with van der Waals surface area (Å²) in [5.74, 6) is 0. The quantitative estimate of drug-likeness (QED) is 0.592. The summed E-state index contributed by atoms with van der Waals surface area (Å²) in [4.78, 5) is 0. The minimum atomic E-state index is -2.53. The maximum Gasteiger partial charge on any atom is 0.528 e.